The number of hydrogen-bond donors (Lipinski definition) is 2. The first-order valence-electron chi connectivity index (χ1n) is 6.98. The Morgan fingerprint density at radius 1 is 1.33 bits per heavy atom. The zero-order valence-corrected chi connectivity index (χ0v) is 12.3. The molecule has 2 aromatic rings. The minimum atomic E-state index is -0.834. The molecular formula is C15H18N2O4. The predicted octanol–water partition coefficient (Wildman–Crippen LogP) is 1.93. The van der Waals surface area contributed by atoms with Crippen LogP contribution in [0.1, 0.15) is 42.5 Å². The molecule has 0 spiro atoms. The van der Waals surface area contributed by atoms with Gasteiger partial charge in [0.1, 0.15) is 5.75 Å². The van der Waals surface area contributed by atoms with E-state index in [1.54, 1.807) is 13.0 Å². The molecule has 0 aliphatic heterocycles. The van der Waals surface area contributed by atoms with Crippen LogP contribution >= 0.6 is 0 Å². The lowest BCUT2D eigenvalue weighted by molar-refractivity contribution is 0.0521. The number of carbonyl (C=O) groups is 1. The van der Waals surface area contributed by atoms with Crippen molar-refractivity contribution in [3.63, 3.8) is 0 Å². The van der Waals surface area contributed by atoms with Gasteiger partial charge in [0, 0.05) is 5.69 Å². The highest BCUT2D eigenvalue weighted by Crippen LogP contribution is 2.28. The number of rotatable bonds is 4. The van der Waals surface area contributed by atoms with Crippen LogP contribution in [0, 0.1) is 0 Å². The first kappa shape index (κ1) is 15.0. The van der Waals surface area contributed by atoms with Crippen molar-refractivity contribution in [3.05, 3.63) is 33.4 Å². The molecule has 0 saturated heterocycles. The third kappa shape index (κ3) is 2.61. The Morgan fingerprint density at radius 3 is 2.62 bits per heavy atom. The molecule has 0 atom stereocenters. The largest absolute Gasteiger partial charge is 0.506 e. The summed E-state index contributed by atoms with van der Waals surface area (Å²) in [6, 6.07) is 1.71. The van der Waals surface area contributed by atoms with E-state index in [0.717, 1.165) is 5.69 Å². The number of nitrogens with zero attached hydrogens (tertiary/aromatic N) is 1. The number of aryl methyl sites for hydroxylation is 2. The van der Waals surface area contributed by atoms with Gasteiger partial charge in [-0.1, -0.05) is 13.8 Å². The topological polar surface area (TPSA) is 92.3 Å². The van der Waals surface area contributed by atoms with E-state index >= 15 is 0 Å². The van der Waals surface area contributed by atoms with Crippen LogP contribution in [0.2, 0.25) is 0 Å². The van der Waals surface area contributed by atoms with Gasteiger partial charge >= 0.3 is 5.97 Å². The maximum absolute atomic E-state index is 12.0. The summed E-state index contributed by atoms with van der Waals surface area (Å²) in [4.78, 5) is 30.9. The first-order chi connectivity index (χ1) is 10.0. The number of nitrogens with one attached hydrogen (secondary N) is 1. The molecule has 6 nitrogen and oxygen atoms in total. The molecule has 0 aliphatic rings. The summed E-state index contributed by atoms with van der Waals surface area (Å²) in [5.74, 6) is -1.20. The van der Waals surface area contributed by atoms with Crippen molar-refractivity contribution in [2.75, 3.05) is 6.61 Å². The van der Waals surface area contributed by atoms with E-state index in [2.05, 4.69) is 9.97 Å². The molecule has 0 radical (unpaired) electrons. The Morgan fingerprint density at radius 2 is 2.05 bits per heavy atom. The molecule has 0 unspecified atom stereocenters. The van der Waals surface area contributed by atoms with Gasteiger partial charge in [-0.15, -0.1) is 0 Å². The lowest BCUT2D eigenvalue weighted by Gasteiger charge is -2.11. The summed E-state index contributed by atoms with van der Waals surface area (Å²) in [6.45, 7) is 5.62. The van der Waals surface area contributed by atoms with E-state index in [1.165, 1.54) is 0 Å². The van der Waals surface area contributed by atoms with E-state index < -0.39 is 11.5 Å². The van der Waals surface area contributed by atoms with Crippen molar-refractivity contribution in [1.82, 2.24) is 9.97 Å². The lowest BCUT2D eigenvalue weighted by atomic mass is 10.1. The molecular weight excluding hydrogens is 272 g/mol. The Labute approximate surface area is 121 Å². The summed E-state index contributed by atoms with van der Waals surface area (Å²) in [7, 11) is 0. The van der Waals surface area contributed by atoms with Gasteiger partial charge in [-0.3, -0.25) is 9.78 Å². The number of aromatic nitrogens is 2. The van der Waals surface area contributed by atoms with Gasteiger partial charge in [-0.2, -0.15) is 0 Å². The fourth-order valence-corrected chi connectivity index (χ4v) is 2.27. The Bertz CT molecular complexity index is 749. The van der Waals surface area contributed by atoms with Crippen LogP contribution in [-0.4, -0.2) is 27.7 Å². The van der Waals surface area contributed by atoms with Crippen LogP contribution in [0.3, 0.4) is 0 Å². The SMILES string of the molecule is CCOC(=O)c1c(O)c2c(CC)nc(CC)cc2[nH]c1=O. The summed E-state index contributed by atoms with van der Waals surface area (Å²) < 4.78 is 4.82. The van der Waals surface area contributed by atoms with Crippen LogP contribution in [0.25, 0.3) is 10.9 Å². The van der Waals surface area contributed by atoms with Crippen LogP contribution in [0.15, 0.2) is 10.9 Å². The molecule has 0 aliphatic carbocycles. The van der Waals surface area contributed by atoms with E-state index in [4.69, 9.17) is 4.74 Å². The lowest BCUT2D eigenvalue weighted by Crippen LogP contribution is -2.20. The third-order valence-electron chi connectivity index (χ3n) is 3.27. The standard InChI is InChI=1S/C15H18N2O4/c1-4-8-7-10-11(9(5-2)16-8)13(18)12(14(19)17-10)15(20)21-6-3/h7H,4-6H2,1-3H3,(H2,17,18,19). The van der Waals surface area contributed by atoms with E-state index in [9.17, 15) is 14.7 Å². The van der Waals surface area contributed by atoms with E-state index in [1.807, 2.05) is 13.8 Å². The maximum Gasteiger partial charge on any atom is 0.347 e. The summed E-state index contributed by atoms with van der Waals surface area (Å²) in [5, 5.41) is 10.7. The molecule has 0 saturated carbocycles. The zero-order chi connectivity index (χ0) is 15.6. The number of aromatic hydroxyl groups is 1. The molecule has 112 valence electrons. The van der Waals surface area contributed by atoms with Crippen LogP contribution in [0.4, 0.5) is 0 Å². The van der Waals surface area contributed by atoms with Gasteiger partial charge in [0.15, 0.2) is 5.56 Å². The fourth-order valence-electron chi connectivity index (χ4n) is 2.27. The molecule has 2 N–H and O–H groups in total. The van der Waals surface area contributed by atoms with Crippen molar-refractivity contribution < 1.29 is 14.6 Å². The first-order valence-corrected chi connectivity index (χ1v) is 6.98. The smallest absolute Gasteiger partial charge is 0.347 e. The monoisotopic (exact) mass is 290 g/mol. The molecule has 6 heteroatoms. The number of aromatic amines is 1. The highest BCUT2D eigenvalue weighted by atomic mass is 16.5. The van der Waals surface area contributed by atoms with E-state index in [-0.39, 0.29) is 17.9 Å². The highest BCUT2D eigenvalue weighted by Gasteiger charge is 2.22. The molecule has 2 heterocycles. The maximum atomic E-state index is 12.0. The third-order valence-corrected chi connectivity index (χ3v) is 3.27. The number of H-pyrrole nitrogens is 1. The fraction of sp³-hybridized carbons (Fsp3) is 0.400. The normalized spacial score (nSPS) is 10.8. The molecule has 21 heavy (non-hydrogen) atoms. The predicted molar refractivity (Wildman–Crippen MR) is 78.7 cm³/mol. The van der Waals surface area contributed by atoms with Crippen LogP contribution in [0.5, 0.6) is 5.75 Å². The van der Waals surface area contributed by atoms with Gasteiger partial charge < -0.3 is 14.8 Å². The Kier molecular flexibility index (Phi) is 4.26. The van der Waals surface area contributed by atoms with Crippen molar-refractivity contribution in [3.8, 4) is 5.75 Å². The number of pyridine rings is 2. The molecule has 2 rings (SSSR count). The van der Waals surface area contributed by atoms with Crippen molar-refractivity contribution in [2.45, 2.75) is 33.6 Å². The zero-order valence-electron chi connectivity index (χ0n) is 12.3. The molecule has 0 fully saturated rings. The Hall–Kier alpha value is -2.37. The van der Waals surface area contributed by atoms with Gasteiger partial charge in [0.05, 0.1) is 23.2 Å². The van der Waals surface area contributed by atoms with Gasteiger partial charge in [-0.05, 0) is 25.8 Å². The van der Waals surface area contributed by atoms with Crippen LogP contribution in [-0.2, 0) is 17.6 Å². The average Bonchev–Trinajstić information content (AvgIpc) is 2.45. The second kappa shape index (κ2) is 5.95. The molecule has 2 aromatic heterocycles. The number of esters is 1. The van der Waals surface area contributed by atoms with Crippen molar-refractivity contribution in [1.29, 1.82) is 0 Å². The van der Waals surface area contributed by atoms with Crippen molar-refractivity contribution in [2.24, 2.45) is 0 Å². The molecule has 0 aromatic carbocycles. The minimum Gasteiger partial charge on any atom is -0.506 e. The second-order valence-corrected chi connectivity index (χ2v) is 4.59. The summed E-state index contributed by atoms with van der Waals surface area (Å²) >= 11 is 0. The number of fused-ring (bicyclic) bond motifs is 1. The summed E-state index contributed by atoms with van der Waals surface area (Å²) in [6.07, 6.45) is 1.29. The minimum absolute atomic E-state index is 0.128. The highest BCUT2D eigenvalue weighted by molar-refractivity contribution is 6.00. The van der Waals surface area contributed by atoms with Gasteiger partial charge in [-0.25, -0.2) is 4.79 Å². The Balaban J connectivity index is 2.82. The van der Waals surface area contributed by atoms with Crippen LogP contribution < -0.4 is 5.56 Å². The van der Waals surface area contributed by atoms with E-state index in [0.29, 0.717) is 29.4 Å². The van der Waals surface area contributed by atoms with Crippen molar-refractivity contribution >= 4 is 16.9 Å². The van der Waals surface area contributed by atoms with Gasteiger partial charge in [0.25, 0.3) is 5.56 Å². The average molecular weight is 290 g/mol. The molecule has 0 amide bonds. The number of hydrogen-bond acceptors (Lipinski definition) is 5. The summed E-state index contributed by atoms with van der Waals surface area (Å²) in [5.41, 5.74) is 0.912. The number of ether oxygens (including phenoxy) is 1. The second-order valence-electron chi connectivity index (χ2n) is 4.59. The quantitative estimate of drug-likeness (QED) is 0.839. The number of carbonyl (C=O) groups excluding carboxylic acids is 1. The molecule has 0 bridgehead atoms. The van der Waals surface area contributed by atoms with Gasteiger partial charge in [0.2, 0.25) is 0 Å².